The number of hydrogen-bond acceptors (Lipinski definition) is 4. The van der Waals surface area contributed by atoms with Gasteiger partial charge in [-0.1, -0.05) is 6.92 Å². The van der Waals surface area contributed by atoms with Crippen LogP contribution >= 0.6 is 0 Å². The van der Waals surface area contributed by atoms with Gasteiger partial charge in [-0.05, 0) is 19.4 Å². The van der Waals surface area contributed by atoms with Crippen LogP contribution in [0.3, 0.4) is 0 Å². The molecular weight excluding hydrogens is 272 g/mol. The van der Waals surface area contributed by atoms with Gasteiger partial charge in [0.25, 0.3) is 5.56 Å². The summed E-state index contributed by atoms with van der Waals surface area (Å²) in [6.45, 7) is 3.57. The van der Waals surface area contributed by atoms with Crippen LogP contribution in [0.25, 0.3) is 0 Å². The van der Waals surface area contributed by atoms with Gasteiger partial charge in [0.05, 0.1) is 23.5 Å². The van der Waals surface area contributed by atoms with Gasteiger partial charge in [-0.25, -0.2) is 4.79 Å². The number of aryl methyl sites for hydroxylation is 2. The number of ketones is 1. The van der Waals surface area contributed by atoms with Crippen molar-refractivity contribution < 1.29 is 4.79 Å². The van der Waals surface area contributed by atoms with Crippen LogP contribution < -0.4 is 11.2 Å². The Morgan fingerprint density at radius 3 is 2.48 bits per heavy atom. The predicted octanol–water partition coefficient (Wildman–Crippen LogP) is 0.0938. The van der Waals surface area contributed by atoms with E-state index >= 15 is 0 Å². The molecular formula is C14H18N4O3. The summed E-state index contributed by atoms with van der Waals surface area (Å²) < 4.78 is 4.01. The lowest BCUT2D eigenvalue weighted by atomic mass is 10.2. The minimum atomic E-state index is -0.567. The molecule has 0 saturated heterocycles. The number of carbonyl (C=O) groups excluding carboxylic acids is 1. The predicted molar refractivity (Wildman–Crippen MR) is 77.6 cm³/mol. The zero-order chi connectivity index (χ0) is 15.7. The van der Waals surface area contributed by atoms with Crippen molar-refractivity contribution in [2.24, 2.45) is 14.1 Å². The van der Waals surface area contributed by atoms with Crippen LogP contribution in [-0.2, 0) is 27.1 Å². The van der Waals surface area contributed by atoms with Crippen LogP contribution in [0.2, 0.25) is 0 Å². The van der Waals surface area contributed by atoms with E-state index in [0.717, 1.165) is 22.4 Å². The fraction of sp³-hybridized carbons (Fsp3) is 0.429. The molecule has 0 bridgehead atoms. The van der Waals surface area contributed by atoms with Gasteiger partial charge in [0.2, 0.25) is 0 Å². The average molecular weight is 290 g/mol. The minimum absolute atomic E-state index is 0.00924. The lowest BCUT2D eigenvalue weighted by Gasteiger charge is -2.09. The Hall–Kier alpha value is -2.44. The summed E-state index contributed by atoms with van der Waals surface area (Å²) in [4.78, 5) is 35.5. The van der Waals surface area contributed by atoms with E-state index in [9.17, 15) is 14.4 Å². The van der Waals surface area contributed by atoms with Gasteiger partial charge in [0, 0.05) is 20.3 Å². The van der Waals surface area contributed by atoms with Gasteiger partial charge in [0.1, 0.15) is 0 Å². The van der Waals surface area contributed by atoms with E-state index in [1.54, 1.807) is 11.7 Å². The highest BCUT2D eigenvalue weighted by Gasteiger charge is 2.13. The number of aromatic nitrogens is 4. The fourth-order valence-corrected chi connectivity index (χ4v) is 2.15. The lowest BCUT2D eigenvalue weighted by Crippen LogP contribution is -2.40. The number of Topliss-reactive ketones (excluding diaryl/α,β-unsaturated/α-hetero) is 1. The van der Waals surface area contributed by atoms with Gasteiger partial charge < -0.3 is 0 Å². The lowest BCUT2D eigenvalue weighted by molar-refractivity contribution is 0.101. The van der Waals surface area contributed by atoms with Crippen LogP contribution in [0.4, 0.5) is 0 Å². The maximum absolute atomic E-state index is 12.1. The van der Waals surface area contributed by atoms with Crippen molar-refractivity contribution in [3.05, 3.63) is 50.1 Å². The molecule has 0 aliphatic rings. The molecule has 0 fully saturated rings. The van der Waals surface area contributed by atoms with E-state index in [1.165, 1.54) is 24.7 Å². The van der Waals surface area contributed by atoms with Crippen molar-refractivity contribution in [3.63, 3.8) is 0 Å². The second-order valence-corrected chi connectivity index (χ2v) is 4.98. The molecule has 0 unspecified atom stereocenters. The average Bonchev–Trinajstić information content (AvgIpc) is 2.79. The van der Waals surface area contributed by atoms with Crippen LogP contribution in [0.15, 0.2) is 21.9 Å². The number of carbonyl (C=O) groups is 1. The second-order valence-electron chi connectivity index (χ2n) is 4.98. The highest BCUT2D eigenvalue weighted by atomic mass is 16.2. The molecule has 0 aromatic carbocycles. The first-order chi connectivity index (χ1) is 9.85. The Morgan fingerprint density at radius 1 is 1.29 bits per heavy atom. The number of rotatable bonds is 4. The molecule has 7 heteroatoms. The summed E-state index contributed by atoms with van der Waals surface area (Å²) in [6.07, 6.45) is 2.13. The van der Waals surface area contributed by atoms with Crippen molar-refractivity contribution in [3.8, 4) is 0 Å². The van der Waals surface area contributed by atoms with Gasteiger partial charge in [-0.15, -0.1) is 0 Å². The minimum Gasteiger partial charge on any atom is -0.294 e. The Morgan fingerprint density at radius 2 is 1.95 bits per heavy atom. The third-order valence-corrected chi connectivity index (χ3v) is 3.45. The third-order valence-electron chi connectivity index (χ3n) is 3.45. The molecule has 0 spiro atoms. The normalized spacial score (nSPS) is 10.9. The van der Waals surface area contributed by atoms with E-state index in [1.807, 2.05) is 13.0 Å². The second kappa shape index (κ2) is 5.51. The van der Waals surface area contributed by atoms with Crippen LogP contribution in [0, 0.1) is 0 Å². The Balaban J connectivity index is 2.54. The maximum atomic E-state index is 12.1. The first kappa shape index (κ1) is 15.0. The van der Waals surface area contributed by atoms with Crippen molar-refractivity contribution in [2.75, 3.05) is 0 Å². The van der Waals surface area contributed by atoms with Crippen molar-refractivity contribution in [2.45, 2.75) is 26.8 Å². The summed E-state index contributed by atoms with van der Waals surface area (Å²) in [5, 5.41) is 4.32. The smallest absolute Gasteiger partial charge is 0.294 e. The monoisotopic (exact) mass is 290 g/mol. The molecule has 0 radical (unpaired) electrons. The molecule has 2 rings (SSSR count). The zero-order valence-corrected chi connectivity index (χ0v) is 12.6. The maximum Gasteiger partial charge on any atom is 0.331 e. The van der Waals surface area contributed by atoms with Crippen LogP contribution in [0.5, 0.6) is 0 Å². The van der Waals surface area contributed by atoms with Crippen LogP contribution in [0.1, 0.15) is 35.6 Å². The summed E-state index contributed by atoms with van der Waals surface area (Å²) in [6, 6.07) is 1.91. The molecule has 112 valence electrons. The Kier molecular flexibility index (Phi) is 3.93. The zero-order valence-electron chi connectivity index (χ0n) is 12.6. The molecule has 0 N–H and O–H groups in total. The topological polar surface area (TPSA) is 78.9 Å². The van der Waals surface area contributed by atoms with Gasteiger partial charge >= 0.3 is 5.69 Å². The van der Waals surface area contributed by atoms with Gasteiger partial charge in [-0.3, -0.25) is 23.4 Å². The summed E-state index contributed by atoms with van der Waals surface area (Å²) in [7, 11) is 3.17. The van der Waals surface area contributed by atoms with Crippen LogP contribution in [-0.4, -0.2) is 24.7 Å². The molecule has 2 heterocycles. The summed E-state index contributed by atoms with van der Waals surface area (Å²) in [5.41, 5.74) is 0.751. The third kappa shape index (κ3) is 2.72. The highest BCUT2D eigenvalue weighted by Crippen LogP contribution is 2.05. The molecule has 0 amide bonds. The van der Waals surface area contributed by atoms with E-state index in [2.05, 4.69) is 5.10 Å². The van der Waals surface area contributed by atoms with E-state index in [-0.39, 0.29) is 17.9 Å². The number of hydrogen-bond donors (Lipinski definition) is 0. The van der Waals surface area contributed by atoms with Gasteiger partial charge in [0.15, 0.2) is 5.78 Å². The SMILES string of the molecule is CCc1cc(Cn2cc(C(C)=O)c(=O)n(C)c2=O)n(C)n1. The number of nitrogens with zero attached hydrogens (tertiary/aromatic N) is 4. The molecule has 21 heavy (non-hydrogen) atoms. The Bertz CT molecular complexity index is 811. The van der Waals surface area contributed by atoms with Crippen molar-refractivity contribution >= 4 is 5.78 Å². The highest BCUT2D eigenvalue weighted by molar-refractivity contribution is 5.93. The standard InChI is InChI=1S/C14H18N4O3/c1-5-10-6-11(17(4)15-10)7-18-8-12(9(2)19)13(20)16(3)14(18)21/h6,8H,5,7H2,1-4H3. The summed E-state index contributed by atoms with van der Waals surface area (Å²) >= 11 is 0. The molecule has 2 aromatic heterocycles. The van der Waals surface area contributed by atoms with E-state index < -0.39 is 11.2 Å². The first-order valence-electron chi connectivity index (χ1n) is 6.68. The molecule has 2 aromatic rings. The van der Waals surface area contributed by atoms with E-state index in [0.29, 0.717) is 0 Å². The Labute approximate surface area is 121 Å². The van der Waals surface area contributed by atoms with E-state index in [4.69, 9.17) is 0 Å². The quantitative estimate of drug-likeness (QED) is 0.748. The summed E-state index contributed by atoms with van der Waals surface area (Å²) in [5.74, 6) is -0.358. The molecule has 0 aliphatic carbocycles. The van der Waals surface area contributed by atoms with Crippen molar-refractivity contribution in [1.82, 2.24) is 18.9 Å². The molecule has 0 atom stereocenters. The first-order valence-corrected chi connectivity index (χ1v) is 6.68. The fourth-order valence-electron chi connectivity index (χ4n) is 2.15. The molecule has 0 aliphatic heterocycles. The molecule has 0 saturated carbocycles. The van der Waals surface area contributed by atoms with Crippen molar-refractivity contribution in [1.29, 1.82) is 0 Å². The largest absolute Gasteiger partial charge is 0.331 e. The molecule has 7 nitrogen and oxygen atoms in total. The van der Waals surface area contributed by atoms with Gasteiger partial charge in [-0.2, -0.15) is 5.10 Å².